The fraction of sp³-hybridized carbons (Fsp3) is 0.240. The van der Waals surface area contributed by atoms with Gasteiger partial charge in [-0.3, -0.25) is 9.36 Å². The molecular formula is C25H26FN5O2S. The molecule has 0 saturated carbocycles. The second-order valence-corrected chi connectivity index (χ2v) is 9.68. The minimum atomic E-state index is -1.25. The molecule has 0 radical (unpaired) electrons. The van der Waals surface area contributed by atoms with Gasteiger partial charge in [-0.2, -0.15) is 0 Å². The lowest BCUT2D eigenvalue weighted by molar-refractivity contribution is 0.0786. The summed E-state index contributed by atoms with van der Waals surface area (Å²) in [6.07, 6.45) is 6.44. The van der Waals surface area contributed by atoms with E-state index in [9.17, 15) is 13.7 Å². The van der Waals surface area contributed by atoms with Crippen molar-refractivity contribution >= 4 is 28.0 Å². The Labute approximate surface area is 201 Å². The van der Waals surface area contributed by atoms with Gasteiger partial charge in [0.1, 0.15) is 12.1 Å². The van der Waals surface area contributed by atoms with E-state index in [1.54, 1.807) is 71.7 Å². The molecule has 7 nitrogen and oxygen atoms in total. The number of carbonyl (C=O) groups excluding carboxylic acids is 1. The quantitative estimate of drug-likeness (QED) is 0.379. The summed E-state index contributed by atoms with van der Waals surface area (Å²) in [5, 5.41) is 0.759. The van der Waals surface area contributed by atoms with E-state index < -0.39 is 11.2 Å². The maximum Gasteiger partial charge on any atom is 0.253 e. The second-order valence-electron chi connectivity index (χ2n) is 8.33. The van der Waals surface area contributed by atoms with Crippen LogP contribution in [0.25, 0.3) is 28.0 Å². The number of likely N-dealkylation sites (N-methyl/N-ethyl adjacent to an activating group) is 2. The summed E-state index contributed by atoms with van der Waals surface area (Å²) >= 11 is -1.25. The van der Waals surface area contributed by atoms with Crippen molar-refractivity contribution in [1.29, 1.82) is 0 Å². The highest BCUT2D eigenvalue weighted by molar-refractivity contribution is 7.91. The van der Waals surface area contributed by atoms with Gasteiger partial charge in [0, 0.05) is 49.2 Å². The zero-order valence-electron chi connectivity index (χ0n) is 19.5. The third kappa shape index (κ3) is 4.82. The van der Waals surface area contributed by atoms with Gasteiger partial charge in [0.25, 0.3) is 5.91 Å². The van der Waals surface area contributed by atoms with Crippen LogP contribution in [0.2, 0.25) is 0 Å². The standard InChI is InChI=1S/C25H26FN5O2S/c1-29(2)11-12-30(3)24(32)17-9-10-20-22(13-17)31(16-23(20)34(4)33)25-27-14-18(15-28-25)19-7-5-6-8-21(19)26/h5-10,13-16H,11-12H2,1-4H3. The highest BCUT2D eigenvalue weighted by atomic mass is 32.2. The van der Waals surface area contributed by atoms with Gasteiger partial charge in [0.2, 0.25) is 5.95 Å². The van der Waals surface area contributed by atoms with Crippen LogP contribution in [0.4, 0.5) is 4.39 Å². The molecule has 0 fully saturated rings. The van der Waals surface area contributed by atoms with Gasteiger partial charge in [-0.1, -0.05) is 18.2 Å². The van der Waals surface area contributed by atoms with Crippen molar-refractivity contribution in [3.8, 4) is 17.1 Å². The van der Waals surface area contributed by atoms with E-state index in [-0.39, 0.29) is 11.7 Å². The van der Waals surface area contributed by atoms with Crippen LogP contribution in [-0.4, -0.2) is 75.3 Å². The molecule has 2 aromatic heterocycles. The fourth-order valence-corrected chi connectivity index (χ4v) is 4.41. The first-order valence-electron chi connectivity index (χ1n) is 10.7. The Balaban J connectivity index is 1.74. The Morgan fingerprint density at radius 2 is 1.79 bits per heavy atom. The first kappa shape index (κ1) is 23.9. The van der Waals surface area contributed by atoms with Crippen molar-refractivity contribution in [3.05, 3.63) is 72.4 Å². The highest BCUT2D eigenvalue weighted by Gasteiger charge is 2.21. The van der Waals surface area contributed by atoms with Gasteiger partial charge in [0.15, 0.2) is 4.90 Å². The Morgan fingerprint density at radius 3 is 2.44 bits per heavy atom. The molecule has 4 aromatic rings. The number of amides is 1. The maximum absolute atomic E-state index is 14.2. The maximum atomic E-state index is 14.2. The van der Waals surface area contributed by atoms with Gasteiger partial charge in [-0.05, 0) is 49.5 Å². The minimum absolute atomic E-state index is 0.105. The van der Waals surface area contributed by atoms with Gasteiger partial charge in [-0.15, -0.1) is 0 Å². The largest absolute Gasteiger partial charge is 0.612 e. The first-order valence-corrected chi connectivity index (χ1v) is 12.3. The number of hydrogen-bond acceptors (Lipinski definition) is 5. The first-order chi connectivity index (χ1) is 16.3. The summed E-state index contributed by atoms with van der Waals surface area (Å²) in [5.41, 5.74) is 2.16. The van der Waals surface area contributed by atoms with Gasteiger partial charge in [0.05, 0.1) is 17.1 Å². The third-order valence-corrected chi connectivity index (χ3v) is 6.54. The fourth-order valence-electron chi connectivity index (χ4n) is 3.68. The van der Waals surface area contributed by atoms with Crippen molar-refractivity contribution in [2.75, 3.05) is 40.5 Å². The molecule has 0 N–H and O–H groups in total. The average molecular weight is 480 g/mol. The Hall–Kier alpha value is -3.27. The lowest BCUT2D eigenvalue weighted by Gasteiger charge is -2.19. The Kier molecular flexibility index (Phi) is 6.97. The molecule has 0 bridgehead atoms. The molecule has 9 heteroatoms. The van der Waals surface area contributed by atoms with Crippen molar-refractivity contribution in [3.63, 3.8) is 0 Å². The normalized spacial score (nSPS) is 12.3. The summed E-state index contributed by atoms with van der Waals surface area (Å²) in [5.74, 6) is -0.116. The predicted octanol–water partition coefficient (Wildman–Crippen LogP) is 3.60. The molecule has 0 aliphatic carbocycles. The summed E-state index contributed by atoms with van der Waals surface area (Å²) < 4.78 is 28.3. The second kappa shape index (κ2) is 9.92. The minimum Gasteiger partial charge on any atom is -0.612 e. The van der Waals surface area contributed by atoms with Crippen LogP contribution in [0.15, 0.2) is 66.0 Å². The van der Waals surface area contributed by atoms with E-state index in [2.05, 4.69) is 9.97 Å². The number of halogens is 1. The molecule has 2 heterocycles. The third-order valence-electron chi connectivity index (χ3n) is 5.59. The van der Waals surface area contributed by atoms with E-state index >= 15 is 0 Å². The summed E-state index contributed by atoms with van der Waals surface area (Å²) in [6.45, 7) is 1.34. The zero-order valence-corrected chi connectivity index (χ0v) is 20.3. The lowest BCUT2D eigenvalue weighted by Crippen LogP contribution is -2.33. The van der Waals surface area contributed by atoms with E-state index in [1.165, 1.54) is 6.07 Å². The molecule has 0 aliphatic rings. The molecular weight excluding hydrogens is 453 g/mol. The Morgan fingerprint density at radius 1 is 1.09 bits per heavy atom. The SMILES string of the molecule is CN(C)CCN(C)C(=O)c1ccc2c([S+](C)[O-])cn(-c3ncc(-c4ccccc4F)cn3)c2c1. The molecule has 1 unspecified atom stereocenters. The molecule has 2 aromatic carbocycles. The lowest BCUT2D eigenvalue weighted by atomic mass is 10.1. The van der Waals surface area contributed by atoms with Gasteiger partial charge >= 0.3 is 0 Å². The van der Waals surface area contributed by atoms with Crippen LogP contribution >= 0.6 is 0 Å². The van der Waals surface area contributed by atoms with E-state index in [0.717, 1.165) is 11.9 Å². The summed E-state index contributed by atoms with van der Waals surface area (Å²) in [6, 6.07) is 11.8. The van der Waals surface area contributed by atoms with Gasteiger partial charge < -0.3 is 14.4 Å². The average Bonchev–Trinajstić information content (AvgIpc) is 3.21. The Bertz CT molecular complexity index is 1320. The molecule has 0 aliphatic heterocycles. The monoisotopic (exact) mass is 479 g/mol. The van der Waals surface area contributed by atoms with Crippen LogP contribution < -0.4 is 0 Å². The number of rotatable bonds is 7. The number of aromatic nitrogens is 3. The number of hydrogen-bond donors (Lipinski definition) is 0. The molecule has 1 amide bonds. The summed E-state index contributed by atoms with van der Waals surface area (Å²) in [4.78, 5) is 26.2. The van der Waals surface area contributed by atoms with E-state index in [4.69, 9.17) is 0 Å². The number of nitrogens with zero attached hydrogens (tertiary/aromatic N) is 5. The van der Waals surface area contributed by atoms with Crippen LogP contribution in [0.1, 0.15) is 10.4 Å². The number of fused-ring (bicyclic) bond motifs is 1. The van der Waals surface area contributed by atoms with Crippen LogP contribution in [-0.2, 0) is 11.2 Å². The topological polar surface area (TPSA) is 77.3 Å². The zero-order chi connectivity index (χ0) is 24.4. The molecule has 176 valence electrons. The van der Waals surface area contributed by atoms with Crippen molar-refractivity contribution < 1.29 is 13.7 Å². The van der Waals surface area contributed by atoms with E-state index in [1.807, 2.05) is 25.1 Å². The highest BCUT2D eigenvalue weighted by Crippen LogP contribution is 2.29. The molecule has 1 atom stereocenters. The molecule has 0 spiro atoms. The number of carbonyl (C=O) groups is 1. The van der Waals surface area contributed by atoms with Gasteiger partial charge in [-0.25, -0.2) is 14.4 Å². The summed E-state index contributed by atoms with van der Waals surface area (Å²) in [7, 11) is 5.69. The molecule has 0 saturated heterocycles. The van der Waals surface area contributed by atoms with Crippen LogP contribution in [0.3, 0.4) is 0 Å². The molecule has 4 rings (SSSR count). The van der Waals surface area contributed by atoms with Crippen LogP contribution in [0.5, 0.6) is 0 Å². The van der Waals surface area contributed by atoms with Crippen molar-refractivity contribution in [2.24, 2.45) is 0 Å². The number of benzene rings is 2. The van der Waals surface area contributed by atoms with E-state index in [0.29, 0.717) is 39.6 Å². The van der Waals surface area contributed by atoms with Crippen molar-refractivity contribution in [2.45, 2.75) is 4.90 Å². The molecule has 34 heavy (non-hydrogen) atoms. The predicted molar refractivity (Wildman–Crippen MR) is 132 cm³/mol. The van der Waals surface area contributed by atoms with Crippen LogP contribution in [0, 0.1) is 5.82 Å². The van der Waals surface area contributed by atoms with Crippen molar-refractivity contribution in [1.82, 2.24) is 24.3 Å². The smallest absolute Gasteiger partial charge is 0.253 e.